The number of non-ortho nitro benzene ring substituents is 1. The molecular weight excluding hydrogens is 322 g/mol. The van der Waals surface area contributed by atoms with Gasteiger partial charge in [-0.15, -0.1) is 0 Å². The van der Waals surface area contributed by atoms with Crippen LogP contribution in [0.2, 0.25) is 0 Å². The molecule has 1 unspecified atom stereocenters. The summed E-state index contributed by atoms with van der Waals surface area (Å²) in [6, 6.07) is 10.6. The molecule has 7 heteroatoms. The Morgan fingerprint density at radius 2 is 1.88 bits per heavy atom. The Morgan fingerprint density at radius 1 is 1.20 bits per heavy atom. The maximum atomic E-state index is 12.2. The monoisotopic (exact) mass is 339 g/mol. The summed E-state index contributed by atoms with van der Waals surface area (Å²) in [4.78, 5) is 37.8. The van der Waals surface area contributed by atoms with Gasteiger partial charge in [-0.3, -0.25) is 19.7 Å². The molecule has 0 radical (unpaired) electrons. The van der Waals surface area contributed by atoms with Crippen LogP contribution >= 0.6 is 0 Å². The summed E-state index contributed by atoms with van der Waals surface area (Å²) in [6.45, 7) is 3.20. The van der Waals surface area contributed by atoms with Gasteiger partial charge in [-0.2, -0.15) is 0 Å². The van der Waals surface area contributed by atoms with Gasteiger partial charge in [0.15, 0.2) is 0 Å². The lowest BCUT2D eigenvalue weighted by Gasteiger charge is -2.12. The number of hydrogen-bond acceptors (Lipinski definition) is 5. The largest absolute Gasteiger partial charge is 0.348 e. The highest BCUT2D eigenvalue weighted by molar-refractivity contribution is 6.05. The zero-order valence-corrected chi connectivity index (χ0v) is 13.8. The zero-order valence-electron chi connectivity index (χ0n) is 13.8. The SMILES string of the molecule is CC(=O)NC(C)c1cccc(C(=O)C=Cc2ccc([N+](=O)[O-])cc2)n1. The molecule has 2 aromatic rings. The van der Waals surface area contributed by atoms with Gasteiger partial charge in [0, 0.05) is 19.1 Å². The van der Waals surface area contributed by atoms with E-state index in [0.717, 1.165) is 0 Å². The second-order valence-electron chi connectivity index (χ2n) is 5.42. The molecule has 0 bridgehead atoms. The minimum Gasteiger partial charge on any atom is -0.348 e. The molecule has 0 fully saturated rings. The molecule has 0 aliphatic heterocycles. The van der Waals surface area contributed by atoms with Crippen LogP contribution < -0.4 is 5.32 Å². The third-order valence-electron chi connectivity index (χ3n) is 3.42. The van der Waals surface area contributed by atoms with E-state index in [1.807, 2.05) is 0 Å². The molecule has 1 amide bonds. The van der Waals surface area contributed by atoms with Crippen molar-refractivity contribution in [1.82, 2.24) is 10.3 Å². The molecule has 0 aliphatic rings. The van der Waals surface area contributed by atoms with Crippen LogP contribution in [0.4, 0.5) is 5.69 Å². The predicted molar refractivity (Wildman–Crippen MR) is 92.9 cm³/mol. The first-order chi connectivity index (χ1) is 11.9. The molecule has 2 rings (SSSR count). The maximum absolute atomic E-state index is 12.2. The summed E-state index contributed by atoms with van der Waals surface area (Å²) >= 11 is 0. The van der Waals surface area contributed by atoms with E-state index >= 15 is 0 Å². The van der Waals surface area contributed by atoms with Crippen molar-refractivity contribution in [3.63, 3.8) is 0 Å². The number of nitro benzene ring substituents is 1. The number of hydrogen-bond donors (Lipinski definition) is 1. The molecule has 1 atom stereocenters. The third kappa shape index (κ3) is 5.07. The first-order valence-electron chi connectivity index (χ1n) is 7.57. The molecule has 25 heavy (non-hydrogen) atoms. The van der Waals surface area contributed by atoms with Crippen LogP contribution in [-0.2, 0) is 4.79 Å². The fourth-order valence-corrected chi connectivity index (χ4v) is 2.17. The van der Waals surface area contributed by atoms with Crippen LogP contribution in [0.15, 0.2) is 48.5 Å². The van der Waals surface area contributed by atoms with E-state index in [-0.39, 0.29) is 29.1 Å². The maximum Gasteiger partial charge on any atom is 0.269 e. The van der Waals surface area contributed by atoms with Crippen LogP contribution in [0.1, 0.15) is 41.6 Å². The molecule has 0 aliphatic carbocycles. The highest BCUT2D eigenvalue weighted by Crippen LogP contribution is 2.14. The molecule has 1 aromatic heterocycles. The van der Waals surface area contributed by atoms with Gasteiger partial charge in [0.2, 0.25) is 11.7 Å². The van der Waals surface area contributed by atoms with E-state index in [9.17, 15) is 19.7 Å². The Hall–Kier alpha value is -3.35. The van der Waals surface area contributed by atoms with E-state index in [2.05, 4.69) is 10.3 Å². The number of nitro groups is 1. The van der Waals surface area contributed by atoms with Gasteiger partial charge in [0.25, 0.3) is 5.69 Å². The second kappa shape index (κ2) is 7.96. The van der Waals surface area contributed by atoms with Gasteiger partial charge in [-0.25, -0.2) is 4.98 Å². The van der Waals surface area contributed by atoms with E-state index in [1.54, 1.807) is 43.3 Å². The predicted octanol–water partition coefficient (Wildman–Crippen LogP) is 3.08. The first kappa shape index (κ1) is 18.0. The fraction of sp³-hybridized carbons (Fsp3) is 0.167. The number of benzene rings is 1. The number of ketones is 1. The minimum atomic E-state index is -0.482. The quantitative estimate of drug-likeness (QED) is 0.377. The van der Waals surface area contributed by atoms with E-state index < -0.39 is 4.92 Å². The summed E-state index contributed by atoms with van der Waals surface area (Å²) in [7, 11) is 0. The fourth-order valence-electron chi connectivity index (χ4n) is 2.17. The highest BCUT2D eigenvalue weighted by atomic mass is 16.6. The van der Waals surface area contributed by atoms with Crippen LogP contribution in [0.25, 0.3) is 6.08 Å². The van der Waals surface area contributed by atoms with E-state index in [1.165, 1.54) is 25.1 Å². The Kier molecular flexibility index (Phi) is 5.73. The molecule has 7 nitrogen and oxygen atoms in total. The summed E-state index contributed by atoms with van der Waals surface area (Å²) in [5.74, 6) is -0.473. The highest BCUT2D eigenvalue weighted by Gasteiger charge is 2.11. The molecule has 1 aromatic carbocycles. The third-order valence-corrected chi connectivity index (χ3v) is 3.42. The van der Waals surface area contributed by atoms with Crippen molar-refractivity contribution in [2.45, 2.75) is 19.9 Å². The van der Waals surface area contributed by atoms with Crippen molar-refractivity contribution in [2.75, 3.05) is 0 Å². The van der Waals surface area contributed by atoms with E-state index in [4.69, 9.17) is 0 Å². The normalized spacial score (nSPS) is 11.9. The van der Waals surface area contributed by atoms with Crippen molar-refractivity contribution >= 4 is 23.5 Å². The smallest absolute Gasteiger partial charge is 0.269 e. The number of allylic oxidation sites excluding steroid dienone is 1. The lowest BCUT2D eigenvalue weighted by molar-refractivity contribution is -0.384. The molecule has 1 heterocycles. The summed E-state index contributed by atoms with van der Waals surface area (Å²) in [5, 5.41) is 13.3. The zero-order chi connectivity index (χ0) is 18.4. The van der Waals surface area contributed by atoms with Gasteiger partial charge in [0.05, 0.1) is 16.7 Å². The second-order valence-corrected chi connectivity index (χ2v) is 5.42. The molecular formula is C18H17N3O4. The first-order valence-corrected chi connectivity index (χ1v) is 7.57. The molecule has 0 spiro atoms. The summed E-state index contributed by atoms with van der Waals surface area (Å²) in [5.41, 5.74) is 1.50. The average molecular weight is 339 g/mol. The lowest BCUT2D eigenvalue weighted by Crippen LogP contribution is -2.24. The van der Waals surface area contributed by atoms with Crippen molar-refractivity contribution in [1.29, 1.82) is 0 Å². The van der Waals surface area contributed by atoms with Gasteiger partial charge < -0.3 is 5.32 Å². The number of nitrogens with zero attached hydrogens (tertiary/aromatic N) is 2. The standard InChI is InChI=1S/C18H17N3O4/c1-12(19-13(2)22)16-4-3-5-17(20-16)18(23)11-8-14-6-9-15(10-7-14)21(24)25/h3-12H,1-2H3,(H,19,22). The topological polar surface area (TPSA) is 102 Å². The molecule has 0 saturated carbocycles. The summed E-state index contributed by atoms with van der Waals surface area (Å²) in [6.07, 6.45) is 2.92. The van der Waals surface area contributed by atoms with Gasteiger partial charge in [-0.05, 0) is 42.8 Å². The van der Waals surface area contributed by atoms with Crippen molar-refractivity contribution in [3.8, 4) is 0 Å². The van der Waals surface area contributed by atoms with E-state index in [0.29, 0.717) is 11.3 Å². The molecule has 128 valence electrons. The number of carbonyl (C=O) groups is 2. The molecule has 0 saturated heterocycles. The number of aromatic nitrogens is 1. The lowest BCUT2D eigenvalue weighted by atomic mass is 10.1. The van der Waals surface area contributed by atoms with Gasteiger partial charge in [0.1, 0.15) is 5.69 Å². The Labute approximate surface area is 144 Å². The number of nitrogens with one attached hydrogen (secondary N) is 1. The Morgan fingerprint density at radius 3 is 2.48 bits per heavy atom. The van der Waals surface area contributed by atoms with Crippen molar-refractivity contribution < 1.29 is 14.5 Å². The van der Waals surface area contributed by atoms with Crippen LogP contribution in [-0.4, -0.2) is 21.6 Å². The van der Waals surface area contributed by atoms with Crippen molar-refractivity contribution in [3.05, 3.63) is 75.6 Å². The Bertz CT molecular complexity index is 828. The molecule has 1 N–H and O–H groups in total. The van der Waals surface area contributed by atoms with Crippen LogP contribution in [0.5, 0.6) is 0 Å². The summed E-state index contributed by atoms with van der Waals surface area (Å²) < 4.78 is 0. The van der Waals surface area contributed by atoms with Gasteiger partial charge in [-0.1, -0.05) is 12.1 Å². The van der Waals surface area contributed by atoms with Crippen LogP contribution in [0, 0.1) is 10.1 Å². The minimum absolute atomic E-state index is 0.00944. The number of amides is 1. The average Bonchev–Trinajstić information content (AvgIpc) is 2.59. The Balaban J connectivity index is 2.12. The number of carbonyl (C=O) groups excluding carboxylic acids is 2. The van der Waals surface area contributed by atoms with Crippen molar-refractivity contribution in [2.24, 2.45) is 0 Å². The van der Waals surface area contributed by atoms with Crippen LogP contribution in [0.3, 0.4) is 0 Å². The number of rotatable bonds is 6. The number of pyridine rings is 1. The van der Waals surface area contributed by atoms with Gasteiger partial charge >= 0.3 is 0 Å².